The van der Waals surface area contributed by atoms with E-state index in [1.165, 1.54) is 0 Å². The van der Waals surface area contributed by atoms with Gasteiger partial charge in [0, 0.05) is 18.8 Å². The monoisotopic (exact) mass is 350 g/mol. The Morgan fingerprint density at radius 3 is 1.59 bits per heavy atom. The van der Waals surface area contributed by atoms with E-state index < -0.39 is 16.5 Å². The van der Waals surface area contributed by atoms with Crippen LogP contribution in [-0.2, 0) is 18.5 Å². The molecule has 0 aliphatic heterocycles. The third-order valence-electron chi connectivity index (χ3n) is 3.32. The maximum absolute atomic E-state index is 10.4. The summed E-state index contributed by atoms with van der Waals surface area (Å²) in [5, 5.41) is 0. The Morgan fingerprint density at radius 1 is 1.05 bits per heavy atom. The lowest BCUT2D eigenvalue weighted by Gasteiger charge is -2.48. The van der Waals surface area contributed by atoms with E-state index in [0.717, 1.165) is 0 Å². The summed E-state index contributed by atoms with van der Waals surface area (Å²) in [6.07, 6.45) is 0.728. The van der Waals surface area contributed by atoms with Gasteiger partial charge in [0.25, 0.3) is 0 Å². The highest BCUT2D eigenvalue weighted by molar-refractivity contribution is 8.29. The van der Waals surface area contributed by atoms with Crippen molar-refractivity contribution in [2.45, 2.75) is 45.5 Å². The van der Waals surface area contributed by atoms with E-state index in [1.54, 1.807) is 7.11 Å². The molecule has 0 aromatic heterocycles. The summed E-state index contributed by atoms with van der Waals surface area (Å²) in [5.41, 5.74) is 0. The van der Waals surface area contributed by atoms with Gasteiger partial charge in [0.05, 0.1) is 13.2 Å². The highest BCUT2D eigenvalue weighted by Crippen LogP contribution is 2.57. The molecule has 0 saturated heterocycles. The number of hydrogen-bond acceptors (Lipinski definition) is 4. The first-order valence-corrected chi connectivity index (χ1v) is 8.97. The fourth-order valence-corrected chi connectivity index (χ4v) is 2.97. The van der Waals surface area contributed by atoms with E-state index in [1.807, 2.05) is 0 Å². The molecule has 0 aromatic rings. The molecule has 4 nitrogen and oxygen atoms in total. The Hall–Kier alpha value is -0.560. The summed E-state index contributed by atoms with van der Waals surface area (Å²) in [4.78, 5) is 16.2. The van der Waals surface area contributed by atoms with E-state index >= 15 is 0 Å². The maximum atomic E-state index is 10.4. The average Bonchev–Trinajstić information content (AvgIpc) is 2.27. The Morgan fingerprint density at radius 2 is 1.36 bits per heavy atom. The van der Waals surface area contributed by atoms with Crippen molar-refractivity contribution >= 4 is 16.5 Å². The molecule has 0 aliphatic carbocycles. The van der Waals surface area contributed by atoms with Crippen LogP contribution in [0.15, 0.2) is 0 Å². The first-order valence-electron chi connectivity index (χ1n) is 6.59. The van der Waals surface area contributed by atoms with Crippen molar-refractivity contribution in [3.63, 3.8) is 0 Å². The molecule has 0 bridgehead atoms. The Labute approximate surface area is 133 Å². The van der Waals surface area contributed by atoms with Gasteiger partial charge in [-0.3, -0.25) is 0 Å². The lowest BCUT2D eigenvalue weighted by Crippen LogP contribution is -2.35. The van der Waals surface area contributed by atoms with E-state index in [9.17, 15) is 13.2 Å². The predicted molar refractivity (Wildman–Crippen MR) is 82.9 cm³/mol. The highest BCUT2D eigenvalue weighted by atomic mass is 32.3. The molecule has 0 unspecified atom stereocenters. The minimum atomic E-state index is -4.00. The first kappa shape index (κ1) is 26.3. The van der Waals surface area contributed by atoms with Crippen molar-refractivity contribution in [1.82, 2.24) is 0 Å². The molecular formula is C14H29F3O4S. The lowest BCUT2D eigenvalue weighted by molar-refractivity contribution is -0.191. The van der Waals surface area contributed by atoms with Crippen LogP contribution in [0.25, 0.3) is 0 Å². The van der Waals surface area contributed by atoms with Crippen LogP contribution in [-0.4, -0.2) is 49.9 Å². The van der Waals surface area contributed by atoms with Gasteiger partial charge >= 0.3 is 12.3 Å². The largest absolute Gasteiger partial charge is 0.386 e. The summed E-state index contributed by atoms with van der Waals surface area (Å²) in [6, 6.07) is 0. The second-order valence-corrected chi connectivity index (χ2v) is 9.42. The summed E-state index contributed by atoms with van der Waals surface area (Å²) in [7, 11) is 0.696. The van der Waals surface area contributed by atoms with E-state index in [2.05, 4.69) is 40.2 Å². The molecule has 0 saturated carbocycles. The number of carbonyl (C=O) groups excluding carboxylic acids is 2. The number of ether oxygens (including phenoxy) is 1. The predicted octanol–water partition coefficient (Wildman–Crippen LogP) is 4.05. The zero-order valence-corrected chi connectivity index (χ0v) is 15.5. The van der Waals surface area contributed by atoms with Crippen molar-refractivity contribution in [3.05, 3.63) is 0 Å². The molecule has 0 heterocycles. The quantitative estimate of drug-likeness (QED) is 0.678. The fourth-order valence-electron chi connectivity index (χ4n) is 1.05. The second-order valence-electron chi connectivity index (χ2n) is 5.67. The van der Waals surface area contributed by atoms with E-state index in [0.29, 0.717) is 19.1 Å². The normalized spacial score (nSPS) is 12.5. The van der Waals surface area contributed by atoms with Crippen molar-refractivity contribution in [2.24, 2.45) is 5.92 Å². The first-order chi connectivity index (χ1) is 9.67. The van der Waals surface area contributed by atoms with Crippen LogP contribution in [0.5, 0.6) is 0 Å². The summed E-state index contributed by atoms with van der Waals surface area (Å²) in [6.45, 7) is 10.7. The molecular weight excluding hydrogens is 321 g/mol. The van der Waals surface area contributed by atoms with Gasteiger partial charge < -0.3 is 8.92 Å². The van der Waals surface area contributed by atoms with Crippen LogP contribution in [0.2, 0.25) is 0 Å². The minimum absolute atomic E-state index is 0.188. The summed E-state index contributed by atoms with van der Waals surface area (Å²) >= 11 is 0. The lowest BCUT2D eigenvalue weighted by atomic mass is 10.00. The van der Waals surface area contributed by atoms with Crippen LogP contribution in [0.3, 0.4) is 0 Å². The van der Waals surface area contributed by atoms with Crippen molar-refractivity contribution in [2.75, 3.05) is 32.8 Å². The SMILES string of the molecule is CC(F)(F)F.COCCOS(C)(C)C(C)(C)C(C)C.O=C=O. The smallest absolute Gasteiger partial charge is 0.382 e. The Balaban J connectivity index is -0.000000373. The number of rotatable bonds is 6. The maximum Gasteiger partial charge on any atom is 0.386 e. The van der Waals surface area contributed by atoms with Gasteiger partial charge in [-0.2, -0.15) is 22.8 Å². The van der Waals surface area contributed by atoms with Crippen molar-refractivity contribution in [3.8, 4) is 0 Å². The van der Waals surface area contributed by atoms with Crippen LogP contribution >= 0.6 is 10.3 Å². The van der Waals surface area contributed by atoms with Crippen molar-refractivity contribution < 1.29 is 31.7 Å². The molecule has 8 heteroatoms. The van der Waals surface area contributed by atoms with Gasteiger partial charge in [0.2, 0.25) is 0 Å². The standard InChI is InChI=1S/C11H26O2S.C2H3F3.CO2/c1-10(2)11(3,4)14(6,7)13-9-8-12-5;1-2(3,4)5;2-1-3/h10H,8-9H2,1-7H3;1H3;. The molecule has 22 heavy (non-hydrogen) atoms. The molecule has 0 spiro atoms. The van der Waals surface area contributed by atoms with Gasteiger partial charge in [-0.05, 0) is 32.3 Å². The van der Waals surface area contributed by atoms with Crippen LogP contribution in [0.1, 0.15) is 34.6 Å². The summed E-state index contributed by atoms with van der Waals surface area (Å²) < 4.78 is 42.3. The molecule has 0 N–H and O–H groups in total. The van der Waals surface area contributed by atoms with Gasteiger partial charge in [-0.1, -0.05) is 13.8 Å². The number of alkyl halides is 3. The number of halogens is 3. The van der Waals surface area contributed by atoms with Gasteiger partial charge in [-0.15, -0.1) is 10.3 Å². The molecule has 136 valence electrons. The third-order valence-corrected chi connectivity index (χ3v) is 7.08. The summed E-state index contributed by atoms with van der Waals surface area (Å²) in [5.74, 6) is 0.634. The minimum Gasteiger partial charge on any atom is -0.382 e. The van der Waals surface area contributed by atoms with Crippen molar-refractivity contribution in [1.29, 1.82) is 0 Å². The van der Waals surface area contributed by atoms with Gasteiger partial charge in [-0.25, -0.2) is 0 Å². The zero-order chi connectivity index (χ0) is 18.6. The van der Waals surface area contributed by atoms with Crippen LogP contribution < -0.4 is 0 Å². The highest BCUT2D eigenvalue weighted by Gasteiger charge is 2.36. The Kier molecular flexibility index (Phi) is 14.3. The molecule has 0 aromatic carbocycles. The fraction of sp³-hybridized carbons (Fsp3) is 0.929. The van der Waals surface area contributed by atoms with Crippen LogP contribution in [0, 0.1) is 5.92 Å². The van der Waals surface area contributed by atoms with Gasteiger partial charge in [0.1, 0.15) is 0 Å². The molecule has 0 fully saturated rings. The average molecular weight is 350 g/mol. The molecule has 0 aliphatic rings. The third kappa shape index (κ3) is 15.8. The van der Waals surface area contributed by atoms with Crippen LogP contribution in [0.4, 0.5) is 13.2 Å². The Bertz CT molecular complexity index is 304. The molecule has 0 radical (unpaired) electrons. The molecule has 0 amide bonds. The zero-order valence-electron chi connectivity index (χ0n) is 14.7. The molecule has 0 rings (SSSR count). The topological polar surface area (TPSA) is 52.6 Å². The van der Waals surface area contributed by atoms with E-state index in [4.69, 9.17) is 18.5 Å². The molecule has 0 atom stereocenters. The number of hydrogen-bond donors (Lipinski definition) is 0. The second kappa shape index (κ2) is 11.9. The van der Waals surface area contributed by atoms with Gasteiger partial charge in [0.15, 0.2) is 0 Å². The van der Waals surface area contributed by atoms with E-state index in [-0.39, 0.29) is 17.8 Å². The number of methoxy groups -OCH3 is 1.